The molecule has 1 atom stereocenters. The molecule has 6 rings (SSSR count). The molecule has 0 saturated heterocycles. The number of halogens is 1. The minimum absolute atomic E-state index is 0.198. The normalized spacial score (nSPS) is 36.4. The Balaban J connectivity index is 1.42. The summed E-state index contributed by atoms with van der Waals surface area (Å²) in [6, 6.07) is 3.39. The number of hydrogen-bond acceptors (Lipinski definition) is 3. The third-order valence-electron chi connectivity index (χ3n) is 8.16. The monoisotopic (exact) mass is 386 g/mol. The highest BCUT2D eigenvalue weighted by Crippen LogP contribution is 2.60. The lowest BCUT2D eigenvalue weighted by Gasteiger charge is -2.58. The maximum atomic E-state index is 14.7. The van der Waals surface area contributed by atoms with E-state index in [1.165, 1.54) is 44.6 Å². The Morgan fingerprint density at radius 1 is 1.21 bits per heavy atom. The number of hydrogen-bond donors (Lipinski definition) is 2. The van der Waals surface area contributed by atoms with E-state index >= 15 is 0 Å². The van der Waals surface area contributed by atoms with Gasteiger partial charge >= 0.3 is 0 Å². The van der Waals surface area contributed by atoms with Crippen molar-refractivity contribution in [3.05, 3.63) is 34.6 Å². The molecule has 1 amide bonds. The lowest BCUT2D eigenvalue weighted by atomic mass is 9.49. The average molecular weight is 387 g/mol. The molecule has 1 aliphatic heterocycles. The van der Waals surface area contributed by atoms with Gasteiger partial charge in [0.2, 0.25) is 0 Å². The van der Waals surface area contributed by atoms with E-state index in [2.05, 4.69) is 11.8 Å². The second-order valence-electron chi connectivity index (χ2n) is 10.1. The van der Waals surface area contributed by atoms with Gasteiger partial charge in [-0.25, -0.2) is 9.87 Å². The molecule has 1 heterocycles. The molecule has 4 aliphatic carbocycles. The SMILES string of the molecule is CC[C@H]1Cc2c(F)cc(C(=O)NO)cc2CN1CC12CC3CC(CC(C3)C1)C2. The van der Waals surface area contributed by atoms with Gasteiger partial charge < -0.3 is 0 Å². The predicted octanol–water partition coefficient (Wildman–Crippen LogP) is 4.30. The summed E-state index contributed by atoms with van der Waals surface area (Å²) < 4.78 is 14.7. The van der Waals surface area contributed by atoms with E-state index < -0.39 is 5.91 Å². The average Bonchev–Trinajstić information content (AvgIpc) is 2.65. The first kappa shape index (κ1) is 18.6. The van der Waals surface area contributed by atoms with Gasteiger partial charge in [-0.15, -0.1) is 0 Å². The summed E-state index contributed by atoms with van der Waals surface area (Å²) in [5.41, 5.74) is 3.95. The van der Waals surface area contributed by atoms with Crippen molar-refractivity contribution in [2.45, 2.75) is 70.9 Å². The first-order chi connectivity index (χ1) is 13.5. The van der Waals surface area contributed by atoms with Crippen molar-refractivity contribution in [2.75, 3.05) is 6.54 Å². The fraction of sp³-hybridized carbons (Fsp3) is 0.696. The van der Waals surface area contributed by atoms with Crippen LogP contribution >= 0.6 is 0 Å². The molecule has 4 fully saturated rings. The zero-order valence-corrected chi connectivity index (χ0v) is 16.7. The summed E-state index contributed by atoms with van der Waals surface area (Å²) in [7, 11) is 0. The quantitative estimate of drug-likeness (QED) is 0.599. The molecule has 1 aromatic rings. The molecule has 4 nitrogen and oxygen atoms in total. The van der Waals surface area contributed by atoms with E-state index in [0.29, 0.717) is 24.4 Å². The molecular weight excluding hydrogens is 355 g/mol. The largest absolute Gasteiger partial charge is 0.295 e. The highest BCUT2D eigenvalue weighted by molar-refractivity contribution is 5.93. The second-order valence-corrected chi connectivity index (χ2v) is 10.1. The van der Waals surface area contributed by atoms with E-state index in [1.807, 2.05) is 0 Å². The Bertz CT molecular complexity index is 758. The Labute approximate surface area is 166 Å². The van der Waals surface area contributed by atoms with Crippen LogP contribution in [-0.4, -0.2) is 28.6 Å². The second kappa shape index (κ2) is 6.81. The van der Waals surface area contributed by atoms with E-state index in [1.54, 1.807) is 11.5 Å². The van der Waals surface area contributed by atoms with Crippen molar-refractivity contribution in [1.29, 1.82) is 0 Å². The van der Waals surface area contributed by atoms with Crippen molar-refractivity contribution < 1.29 is 14.4 Å². The minimum atomic E-state index is -0.646. The summed E-state index contributed by atoms with van der Waals surface area (Å²) >= 11 is 0. The highest BCUT2D eigenvalue weighted by atomic mass is 19.1. The van der Waals surface area contributed by atoms with Crippen LogP contribution in [0.1, 0.15) is 73.4 Å². The number of amides is 1. The maximum Gasteiger partial charge on any atom is 0.274 e. The van der Waals surface area contributed by atoms with Gasteiger partial charge in [0.15, 0.2) is 0 Å². The Morgan fingerprint density at radius 2 is 1.86 bits per heavy atom. The van der Waals surface area contributed by atoms with Crippen LogP contribution in [0.5, 0.6) is 0 Å². The van der Waals surface area contributed by atoms with E-state index in [4.69, 9.17) is 5.21 Å². The molecule has 5 heteroatoms. The number of fused-ring (bicyclic) bond motifs is 1. The number of carbonyl (C=O) groups excluding carboxylic acids is 1. The standard InChI is InChI=1S/C23H31FN2O2/c1-2-19-8-20-18(6-17(7-21(20)24)22(27)25-28)12-26(19)13-23-9-14-3-15(10-23)5-16(4-14)11-23/h6-7,14-16,19,28H,2-5,8-13H2,1H3,(H,25,27)/t14?,15?,16?,19-,23?/m0/s1. The van der Waals surface area contributed by atoms with Gasteiger partial charge in [-0.3, -0.25) is 14.9 Å². The molecule has 4 bridgehead atoms. The van der Waals surface area contributed by atoms with Crippen LogP contribution in [0.25, 0.3) is 0 Å². The van der Waals surface area contributed by atoms with Crippen LogP contribution in [0, 0.1) is 29.0 Å². The van der Waals surface area contributed by atoms with Gasteiger partial charge in [0, 0.05) is 24.7 Å². The van der Waals surface area contributed by atoms with Gasteiger partial charge in [-0.05, 0) is 97.8 Å². The van der Waals surface area contributed by atoms with Gasteiger partial charge in [0.25, 0.3) is 5.91 Å². The first-order valence-electron chi connectivity index (χ1n) is 11.0. The Hall–Kier alpha value is -1.46. The lowest BCUT2D eigenvalue weighted by molar-refractivity contribution is -0.0773. The van der Waals surface area contributed by atoms with Gasteiger partial charge in [0.1, 0.15) is 5.82 Å². The van der Waals surface area contributed by atoms with Crippen molar-refractivity contribution in [3.8, 4) is 0 Å². The number of nitrogens with one attached hydrogen (secondary N) is 1. The fourth-order valence-corrected chi connectivity index (χ4v) is 7.47. The van der Waals surface area contributed by atoms with Gasteiger partial charge in [-0.1, -0.05) is 6.92 Å². The zero-order valence-electron chi connectivity index (χ0n) is 16.7. The number of benzene rings is 1. The van der Waals surface area contributed by atoms with Crippen LogP contribution in [0.15, 0.2) is 12.1 Å². The molecule has 0 radical (unpaired) electrons. The smallest absolute Gasteiger partial charge is 0.274 e. The molecule has 5 aliphatic rings. The summed E-state index contributed by atoms with van der Waals surface area (Å²) in [6.45, 7) is 4.03. The van der Waals surface area contributed by atoms with Crippen LogP contribution < -0.4 is 5.48 Å². The molecule has 28 heavy (non-hydrogen) atoms. The first-order valence-corrected chi connectivity index (χ1v) is 11.0. The predicted molar refractivity (Wildman–Crippen MR) is 104 cm³/mol. The molecular formula is C23H31FN2O2. The number of carbonyl (C=O) groups is 1. The maximum absolute atomic E-state index is 14.7. The van der Waals surface area contributed by atoms with E-state index in [0.717, 1.165) is 41.8 Å². The van der Waals surface area contributed by atoms with Crippen LogP contribution in [0.2, 0.25) is 0 Å². The van der Waals surface area contributed by atoms with Crippen LogP contribution in [-0.2, 0) is 13.0 Å². The molecule has 0 spiro atoms. The lowest BCUT2D eigenvalue weighted by Crippen LogP contribution is -2.53. The van der Waals surface area contributed by atoms with Crippen molar-refractivity contribution >= 4 is 5.91 Å². The Kier molecular flexibility index (Phi) is 4.51. The molecule has 2 N–H and O–H groups in total. The molecule has 4 saturated carbocycles. The minimum Gasteiger partial charge on any atom is -0.295 e. The number of hydroxylamine groups is 1. The van der Waals surface area contributed by atoms with E-state index in [9.17, 15) is 9.18 Å². The van der Waals surface area contributed by atoms with Crippen LogP contribution in [0.3, 0.4) is 0 Å². The molecule has 152 valence electrons. The molecule has 1 aromatic carbocycles. The highest BCUT2D eigenvalue weighted by Gasteiger charge is 2.51. The van der Waals surface area contributed by atoms with Gasteiger partial charge in [-0.2, -0.15) is 0 Å². The number of nitrogens with zero attached hydrogens (tertiary/aromatic N) is 1. The van der Waals surface area contributed by atoms with Crippen molar-refractivity contribution in [3.63, 3.8) is 0 Å². The Morgan fingerprint density at radius 3 is 2.43 bits per heavy atom. The van der Waals surface area contributed by atoms with Crippen molar-refractivity contribution in [1.82, 2.24) is 10.4 Å². The summed E-state index contributed by atoms with van der Waals surface area (Å²) in [6.07, 6.45) is 10.2. The molecule has 0 unspecified atom stereocenters. The fourth-order valence-electron chi connectivity index (χ4n) is 7.47. The van der Waals surface area contributed by atoms with Crippen LogP contribution in [0.4, 0.5) is 4.39 Å². The topological polar surface area (TPSA) is 52.6 Å². The van der Waals surface area contributed by atoms with Gasteiger partial charge in [0.05, 0.1) is 0 Å². The summed E-state index contributed by atoms with van der Waals surface area (Å²) in [5.74, 6) is 1.83. The third-order valence-corrected chi connectivity index (χ3v) is 8.16. The number of rotatable bonds is 4. The third kappa shape index (κ3) is 3.07. The summed E-state index contributed by atoms with van der Waals surface area (Å²) in [5, 5.41) is 8.93. The zero-order chi connectivity index (χ0) is 19.5. The van der Waals surface area contributed by atoms with Crippen molar-refractivity contribution in [2.24, 2.45) is 23.2 Å². The summed E-state index contributed by atoms with van der Waals surface area (Å²) in [4.78, 5) is 14.4. The molecule has 0 aromatic heterocycles. The van der Waals surface area contributed by atoms with E-state index in [-0.39, 0.29) is 11.4 Å².